The van der Waals surface area contributed by atoms with Crippen LogP contribution in [0.1, 0.15) is 37.3 Å². The van der Waals surface area contributed by atoms with Crippen LogP contribution in [0.4, 0.5) is 10.8 Å². The number of thiazole rings is 1. The Morgan fingerprint density at radius 1 is 0.939 bits per heavy atom. The lowest BCUT2D eigenvalue weighted by Gasteiger charge is -2.39. The highest BCUT2D eigenvalue weighted by atomic mass is 32.1. The Bertz CT molecular complexity index is 1170. The fraction of sp³-hybridized carbons (Fsp3) is 0.417. The minimum atomic E-state index is 0.0103. The molecule has 0 radical (unpaired) electrons. The van der Waals surface area contributed by atoms with Crippen molar-refractivity contribution >= 4 is 32.4 Å². The van der Waals surface area contributed by atoms with Crippen LogP contribution in [0.25, 0.3) is 10.2 Å². The predicted octanol–water partition coefficient (Wildman–Crippen LogP) is 3.84. The summed E-state index contributed by atoms with van der Waals surface area (Å²) in [5.74, 6) is 0.899. The zero-order chi connectivity index (χ0) is 22.9. The molecule has 1 fully saturated rings. The number of hydrogen-bond acceptors (Lipinski definition) is 8. The largest absolute Gasteiger partial charge is 0.378 e. The Morgan fingerprint density at radius 3 is 2.33 bits per heavy atom. The molecule has 1 atom stereocenters. The predicted molar refractivity (Wildman–Crippen MR) is 134 cm³/mol. The molecule has 0 spiro atoms. The molecule has 1 aliphatic heterocycles. The highest BCUT2D eigenvalue weighted by Gasteiger charge is 2.31. The van der Waals surface area contributed by atoms with E-state index < -0.39 is 0 Å². The van der Waals surface area contributed by atoms with Crippen LogP contribution in [0.5, 0.6) is 0 Å². The molecule has 3 heterocycles. The van der Waals surface area contributed by atoms with Gasteiger partial charge in [-0.2, -0.15) is 0 Å². The molecule has 2 aromatic heterocycles. The number of para-hydroxylation sites is 1. The fourth-order valence-corrected chi connectivity index (χ4v) is 5.41. The van der Waals surface area contributed by atoms with Crippen molar-refractivity contribution in [1.82, 2.24) is 30.1 Å². The standard InChI is InChI=1S/C24H30N8S/c1-17(2)32-23(26-27-28-32)22(18-9-11-19(12-10-18)29(3)4)30-13-15-31(16-14-30)24-25-20-7-5-6-8-21(20)33-24/h5-12,17,22H,13-16H2,1-4H3/t22-/m0/s1. The van der Waals surface area contributed by atoms with Gasteiger partial charge in [-0.1, -0.05) is 35.6 Å². The molecule has 172 valence electrons. The SMILES string of the molecule is CC(C)n1nnnc1[C@H](c1ccc(N(C)C)cc1)N1CCN(c2nc3ccccc3s2)CC1. The first-order valence-corrected chi connectivity index (χ1v) is 12.2. The van der Waals surface area contributed by atoms with Crippen molar-refractivity contribution in [3.63, 3.8) is 0 Å². The number of hydrogen-bond donors (Lipinski definition) is 0. The van der Waals surface area contributed by atoms with Gasteiger partial charge in [0.05, 0.1) is 22.3 Å². The van der Waals surface area contributed by atoms with Gasteiger partial charge in [0.2, 0.25) is 0 Å². The second-order valence-electron chi connectivity index (χ2n) is 8.95. The van der Waals surface area contributed by atoms with Crippen molar-refractivity contribution in [3.8, 4) is 0 Å². The molecule has 9 heteroatoms. The molecule has 1 aliphatic rings. The third kappa shape index (κ3) is 4.30. The van der Waals surface area contributed by atoms with Crippen LogP contribution >= 0.6 is 11.3 Å². The van der Waals surface area contributed by atoms with Crippen LogP contribution < -0.4 is 9.80 Å². The van der Waals surface area contributed by atoms with Crippen LogP contribution in [0.3, 0.4) is 0 Å². The molecule has 0 saturated carbocycles. The lowest BCUT2D eigenvalue weighted by atomic mass is 10.0. The molecular weight excluding hydrogens is 432 g/mol. The summed E-state index contributed by atoms with van der Waals surface area (Å²) in [5.41, 5.74) is 3.47. The molecule has 0 amide bonds. The minimum Gasteiger partial charge on any atom is -0.378 e. The van der Waals surface area contributed by atoms with Crippen LogP contribution in [0.2, 0.25) is 0 Å². The fourth-order valence-electron chi connectivity index (χ4n) is 4.39. The zero-order valence-corrected chi connectivity index (χ0v) is 20.4. The van der Waals surface area contributed by atoms with E-state index >= 15 is 0 Å². The normalized spacial score (nSPS) is 16.0. The van der Waals surface area contributed by atoms with Gasteiger partial charge in [-0.05, 0) is 54.1 Å². The summed E-state index contributed by atoms with van der Waals surface area (Å²) in [7, 11) is 4.13. The number of aromatic nitrogens is 5. The summed E-state index contributed by atoms with van der Waals surface area (Å²) in [6, 6.07) is 17.3. The topological polar surface area (TPSA) is 66.2 Å². The van der Waals surface area contributed by atoms with E-state index in [1.807, 2.05) is 4.68 Å². The van der Waals surface area contributed by atoms with Gasteiger partial charge >= 0.3 is 0 Å². The van der Waals surface area contributed by atoms with Crippen molar-refractivity contribution in [2.45, 2.75) is 25.9 Å². The highest BCUT2D eigenvalue weighted by Crippen LogP contribution is 2.33. The number of rotatable bonds is 6. The lowest BCUT2D eigenvalue weighted by molar-refractivity contribution is 0.199. The van der Waals surface area contributed by atoms with E-state index in [1.54, 1.807) is 11.3 Å². The second kappa shape index (κ2) is 9.07. The van der Waals surface area contributed by atoms with E-state index in [0.717, 1.165) is 42.7 Å². The third-order valence-electron chi connectivity index (χ3n) is 6.21. The van der Waals surface area contributed by atoms with Crippen molar-refractivity contribution in [1.29, 1.82) is 0 Å². The van der Waals surface area contributed by atoms with E-state index in [1.165, 1.54) is 16.0 Å². The first-order chi connectivity index (χ1) is 16.0. The van der Waals surface area contributed by atoms with Crippen molar-refractivity contribution in [3.05, 3.63) is 59.9 Å². The first-order valence-electron chi connectivity index (χ1n) is 11.4. The van der Waals surface area contributed by atoms with E-state index in [2.05, 4.69) is 107 Å². The molecule has 0 unspecified atom stereocenters. The molecule has 0 N–H and O–H groups in total. The summed E-state index contributed by atoms with van der Waals surface area (Å²) in [6.45, 7) is 7.93. The second-order valence-corrected chi connectivity index (χ2v) is 9.96. The van der Waals surface area contributed by atoms with Gasteiger partial charge in [-0.25, -0.2) is 9.67 Å². The van der Waals surface area contributed by atoms with E-state index in [4.69, 9.17) is 4.98 Å². The molecule has 4 aromatic rings. The van der Waals surface area contributed by atoms with Gasteiger partial charge in [0.25, 0.3) is 0 Å². The number of piperazine rings is 1. The summed E-state index contributed by atoms with van der Waals surface area (Å²) in [6.07, 6.45) is 0. The molecule has 0 aliphatic carbocycles. The molecule has 0 bridgehead atoms. The molecule has 1 saturated heterocycles. The van der Waals surface area contributed by atoms with E-state index in [0.29, 0.717) is 0 Å². The van der Waals surface area contributed by atoms with Crippen molar-refractivity contribution in [2.24, 2.45) is 0 Å². The van der Waals surface area contributed by atoms with Crippen LogP contribution in [0.15, 0.2) is 48.5 Å². The van der Waals surface area contributed by atoms with Gasteiger partial charge in [0, 0.05) is 46.0 Å². The van der Waals surface area contributed by atoms with Gasteiger partial charge in [-0.3, -0.25) is 4.90 Å². The smallest absolute Gasteiger partial charge is 0.186 e. The van der Waals surface area contributed by atoms with Gasteiger partial charge in [0.15, 0.2) is 11.0 Å². The maximum absolute atomic E-state index is 4.86. The average Bonchev–Trinajstić information content (AvgIpc) is 3.48. The maximum Gasteiger partial charge on any atom is 0.186 e. The number of nitrogens with zero attached hydrogens (tertiary/aromatic N) is 8. The monoisotopic (exact) mass is 462 g/mol. The summed E-state index contributed by atoms with van der Waals surface area (Å²) >= 11 is 1.77. The summed E-state index contributed by atoms with van der Waals surface area (Å²) < 4.78 is 3.19. The number of tetrazole rings is 1. The number of fused-ring (bicyclic) bond motifs is 1. The highest BCUT2D eigenvalue weighted by molar-refractivity contribution is 7.22. The van der Waals surface area contributed by atoms with Crippen LogP contribution in [0, 0.1) is 0 Å². The summed E-state index contributed by atoms with van der Waals surface area (Å²) in [5, 5.41) is 13.9. The lowest BCUT2D eigenvalue weighted by Crippen LogP contribution is -2.48. The minimum absolute atomic E-state index is 0.0103. The first kappa shape index (κ1) is 21.8. The molecule has 33 heavy (non-hydrogen) atoms. The Balaban J connectivity index is 1.41. The maximum atomic E-state index is 4.86. The number of benzene rings is 2. The molecule has 8 nitrogen and oxygen atoms in total. The number of anilines is 2. The third-order valence-corrected chi connectivity index (χ3v) is 7.31. The van der Waals surface area contributed by atoms with Gasteiger partial charge < -0.3 is 9.80 Å². The Kier molecular flexibility index (Phi) is 5.99. The molecular formula is C24H30N8S. The van der Waals surface area contributed by atoms with Crippen molar-refractivity contribution in [2.75, 3.05) is 50.1 Å². The summed E-state index contributed by atoms with van der Waals surface area (Å²) in [4.78, 5) is 11.9. The average molecular weight is 463 g/mol. The van der Waals surface area contributed by atoms with Gasteiger partial charge in [0.1, 0.15) is 0 Å². The Labute approximate surface area is 198 Å². The van der Waals surface area contributed by atoms with Crippen molar-refractivity contribution < 1.29 is 0 Å². The van der Waals surface area contributed by atoms with Crippen LogP contribution in [-0.4, -0.2) is 70.4 Å². The quantitative estimate of drug-likeness (QED) is 0.431. The molecule has 2 aromatic carbocycles. The molecule has 5 rings (SSSR count). The van der Waals surface area contributed by atoms with Gasteiger partial charge in [-0.15, -0.1) is 5.10 Å². The van der Waals surface area contributed by atoms with E-state index in [-0.39, 0.29) is 12.1 Å². The Hall–Kier alpha value is -3.04. The Morgan fingerprint density at radius 2 is 1.67 bits per heavy atom. The zero-order valence-electron chi connectivity index (χ0n) is 19.6. The van der Waals surface area contributed by atoms with E-state index in [9.17, 15) is 0 Å². The van der Waals surface area contributed by atoms with Crippen LogP contribution in [-0.2, 0) is 0 Å².